The molecule has 6 aliphatic carbocycles. The summed E-state index contributed by atoms with van der Waals surface area (Å²) in [6.07, 6.45) is 9.87. The number of nitrogens with zero attached hydrogens (tertiary/aromatic N) is 2. The number of benzene rings is 2. The van der Waals surface area contributed by atoms with Crippen molar-refractivity contribution < 1.29 is 57.4 Å². The smallest absolute Gasteiger partial charge is 0.165 e. The Morgan fingerprint density at radius 2 is 1.07 bits per heavy atom. The van der Waals surface area contributed by atoms with Crippen LogP contribution < -0.4 is 22.7 Å². The number of phenols is 2. The van der Waals surface area contributed by atoms with Crippen molar-refractivity contribution in [2.24, 2.45) is 11.8 Å². The van der Waals surface area contributed by atoms with Gasteiger partial charge in [0.15, 0.2) is 23.0 Å². The van der Waals surface area contributed by atoms with E-state index in [1.165, 1.54) is 36.8 Å². The molecule has 0 aromatic heterocycles. The predicted octanol–water partition coefficient (Wildman–Crippen LogP) is 2.49. The first-order chi connectivity index (χ1) is 28.2. The summed E-state index contributed by atoms with van der Waals surface area (Å²) in [4.78, 5) is 5.11. The number of hydrogen-bond donors (Lipinski definition) is 4. The minimum Gasteiger partial charge on any atom is -0.504 e. The zero-order chi connectivity index (χ0) is 39.6. The minimum absolute atomic E-state index is 0.0500. The molecule has 2 unspecified atom stereocenters. The second-order valence-electron chi connectivity index (χ2n) is 19.1. The van der Waals surface area contributed by atoms with Crippen molar-refractivity contribution in [1.29, 1.82) is 0 Å². The van der Waals surface area contributed by atoms with E-state index in [9.17, 15) is 20.4 Å². The molecule has 0 radical (unpaired) electrons. The van der Waals surface area contributed by atoms with Crippen molar-refractivity contribution in [2.45, 2.75) is 136 Å². The van der Waals surface area contributed by atoms with E-state index in [4.69, 9.17) is 23.7 Å². The summed E-state index contributed by atoms with van der Waals surface area (Å²) in [5, 5.41) is 47.4. The fraction of sp³-hybridized carbons (Fsp3) is 0.727. The van der Waals surface area contributed by atoms with E-state index in [0.717, 1.165) is 74.8 Å². The number of aliphatic hydroxyl groups is 2. The summed E-state index contributed by atoms with van der Waals surface area (Å²) in [6, 6.07) is 7.71. The molecule has 4 N–H and O–H groups in total. The second kappa shape index (κ2) is 15.1. The van der Waals surface area contributed by atoms with Crippen LogP contribution in [0.1, 0.15) is 86.5 Å². The Kier molecular flexibility index (Phi) is 10.5. The molecular weight excluding hydrogens is 1080 g/mol. The Balaban J connectivity index is 0.00000125. The van der Waals surface area contributed by atoms with Gasteiger partial charge in [0.2, 0.25) is 0 Å². The molecule has 6 fully saturated rings. The van der Waals surface area contributed by atoms with Crippen molar-refractivity contribution in [1.82, 2.24) is 9.80 Å². The van der Waals surface area contributed by atoms with E-state index in [0.29, 0.717) is 76.9 Å². The molecule has 2 saturated heterocycles. The minimum atomic E-state index is -0.921. The first-order valence-electron chi connectivity index (χ1n) is 21.8. The normalized spacial score (nSPS) is 39.9. The molecule has 2 aromatic rings. The zero-order valence-electron chi connectivity index (χ0n) is 32.9. The largest absolute Gasteiger partial charge is 0.504 e. The van der Waals surface area contributed by atoms with Gasteiger partial charge in [0.05, 0.1) is 60.7 Å². The second-order valence-corrected chi connectivity index (χ2v) is 35.4. The maximum atomic E-state index is 12.7. The van der Waals surface area contributed by atoms with Gasteiger partial charge in [-0.3, -0.25) is 9.80 Å². The number of halogens is 3. The van der Waals surface area contributed by atoms with Crippen LogP contribution in [-0.2, 0) is 37.9 Å². The predicted molar refractivity (Wildman–Crippen MR) is 228 cm³/mol. The number of aromatic hydroxyl groups is 2. The molecule has 4 heterocycles. The fourth-order valence-electron chi connectivity index (χ4n) is 13.8. The van der Waals surface area contributed by atoms with Crippen LogP contribution >= 0.6 is 37.2 Å². The summed E-state index contributed by atoms with van der Waals surface area (Å²) in [5.74, 6) is 2.91. The zero-order valence-corrected chi connectivity index (χ0v) is 39.4. The van der Waals surface area contributed by atoms with Crippen molar-refractivity contribution in [2.75, 3.05) is 52.6 Å². The van der Waals surface area contributed by atoms with Gasteiger partial charge in [0.1, 0.15) is 12.2 Å². The Hall–Kier alpha value is -0.450. The summed E-state index contributed by atoms with van der Waals surface area (Å²) in [6.45, 7) is 5.57. The van der Waals surface area contributed by atoms with Gasteiger partial charge in [0.25, 0.3) is 0 Å². The summed E-state index contributed by atoms with van der Waals surface area (Å²) >= 11 is 5.30. The molecule has 318 valence electrons. The first kappa shape index (κ1) is 40.3. The van der Waals surface area contributed by atoms with Crippen LogP contribution in [0.3, 0.4) is 0 Å². The topological polar surface area (TPSA) is 134 Å². The van der Waals surface area contributed by atoms with E-state index >= 15 is 0 Å². The molecule has 2 spiro atoms. The molecule has 58 heavy (non-hydrogen) atoms. The number of hydrogen-bond acceptors (Lipinski definition) is 11. The van der Waals surface area contributed by atoms with Gasteiger partial charge in [-0.1, -0.05) is 12.1 Å². The molecule has 4 bridgehead atoms. The molecule has 0 amide bonds. The van der Waals surface area contributed by atoms with E-state index in [2.05, 4.69) is 47.0 Å². The fourth-order valence-corrected chi connectivity index (χ4v) is 13.8. The van der Waals surface area contributed by atoms with Crippen LogP contribution in [0.4, 0.5) is 0 Å². The van der Waals surface area contributed by atoms with Gasteiger partial charge in [-0.05, 0) is 125 Å². The third-order valence-corrected chi connectivity index (χ3v) is 16.5. The number of phenolic OH excluding ortho intramolecular Hbond substituents is 2. The van der Waals surface area contributed by atoms with E-state index in [1.54, 1.807) is 12.1 Å². The monoisotopic (exact) mass is 1140 g/mol. The summed E-state index contributed by atoms with van der Waals surface area (Å²) < 4.78 is 32.5. The molecule has 12 rings (SSSR count). The van der Waals surface area contributed by atoms with Gasteiger partial charge in [0, 0.05) is 36.3 Å². The molecule has 10 atom stereocenters. The Labute approximate surface area is 370 Å². The van der Waals surface area contributed by atoms with Crippen molar-refractivity contribution in [3.8, 4) is 23.0 Å². The van der Waals surface area contributed by atoms with Crippen molar-refractivity contribution >= 4 is 37.2 Å². The van der Waals surface area contributed by atoms with Crippen molar-refractivity contribution in [3.05, 3.63) is 46.5 Å². The van der Waals surface area contributed by atoms with Gasteiger partial charge < -0.3 is 44.1 Å². The van der Waals surface area contributed by atoms with Gasteiger partial charge in [-0.15, -0.1) is 0 Å². The molecule has 10 aliphatic rings. The Bertz CT molecular complexity index is 1800. The van der Waals surface area contributed by atoms with Gasteiger partial charge in [-0.25, -0.2) is 0 Å². The van der Waals surface area contributed by atoms with Crippen LogP contribution in [0.5, 0.6) is 23.0 Å². The van der Waals surface area contributed by atoms with Crippen molar-refractivity contribution in [3.63, 3.8) is 0 Å². The molecule has 4 aliphatic heterocycles. The van der Waals surface area contributed by atoms with Crippen LogP contribution in [0.25, 0.3) is 0 Å². The maximum Gasteiger partial charge on any atom is 0.165 e. The van der Waals surface area contributed by atoms with Gasteiger partial charge >= 0.3 is 50.5 Å². The molecular formula is C44H56I3N2O9-. The Morgan fingerprint density at radius 3 is 1.48 bits per heavy atom. The molecule has 14 heteroatoms. The maximum absolute atomic E-state index is 12.7. The summed E-state index contributed by atoms with van der Waals surface area (Å²) in [5.41, 5.74) is 1.43. The molecule has 11 nitrogen and oxygen atoms in total. The molecule has 4 saturated carbocycles. The van der Waals surface area contributed by atoms with Crippen LogP contribution in [0.15, 0.2) is 24.3 Å². The number of rotatable bonds is 12. The third-order valence-electron chi connectivity index (χ3n) is 16.5. The first-order valence-corrected chi connectivity index (χ1v) is 34.4. The van der Waals surface area contributed by atoms with Crippen LogP contribution in [0.2, 0.25) is 0 Å². The average Bonchev–Trinajstić information content (AvgIpc) is 4.13. The number of ether oxygens (including phenoxy) is 5. The van der Waals surface area contributed by atoms with E-state index < -0.39 is 22.0 Å². The molecule has 2 aromatic carbocycles. The van der Waals surface area contributed by atoms with E-state index in [-0.39, 0.29) is 48.0 Å². The quantitative estimate of drug-likeness (QED) is 0.185. The van der Waals surface area contributed by atoms with Gasteiger partial charge in [-0.2, -0.15) is 0 Å². The standard InChI is InChI=1S/C44H56N2O9.I3/c47-29-7-5-27-21-33-43(49)11-9-31(39-41(43,35(27)37(29)54-39)13-15-45(33)23-25-1-2-25)52-19-17-51-18-20-53-32-10-12-44(50)34-22-28-6-8-30(48)38-36(28)42(44,40(32)55-38)14-16-46(34)24-26-3-4-26;1-3-2/h5-8,25-26,31-34,39-40,47-50H,1-4,9-24H2;/q;-1/t31-,32-,33?,34?,39+,40+,41+,42+,43-,44-;/m1./s1. The average molecular weight is 1140 g/mol. The summed E-state index contributed by atoms with van der Waals surface area (Å²) in [7, 11) is 0. The Morgan fingerprint density at radius 1 is 0.638 bits per heavy atom. The van der Waals surface area contributed by atoms with Crippen LogP contribution in [-0.4, -0.2) is 131 Å². The third kappa shape index (κ3) is 5.89. The number of piperidine rings is 2. The van der Waals surface area contributed by atoms with Crippen LogP contribution in [0, 0.1) is 11.8 Å². The SMILES string of the molecule is I[I-]I.Oc1ccc2c3c1O[C@H]1[C@H](OCCOCCO[C@@H]4CC[C@@]5(O)C6Cc7ccc(O)c8c7[C@@]5(CCN6CC5CC5)[C@H]4O8)CC[C@@]4(O)C(C2)N(CC2CC2)CC[C@]314. The number of likely N-dealkylation sites (tertiary alicyclic amines) is 2. The van der Waals surface area contributed by atoms with E-state index in [1.807, 2.05) is 12.1 Å².